The SMILES string of the molecule is CC(=O)c1c(Br)ccc(Br)c1C(F)(F)C(F)(F)C(F)(F)C(F)(F)C(F)(F)C(F)(F)C(F)(F)F. The van der Waals surface area contributed by atoms with Gasteiger partial charge >= 0.3 is 41.7 Å². The van der Waals surface area contributed by atoms with Gasteiger partial charge in [0.2, 0.25) is 0 Å². The summed E-state index contributed by atoms with van der Waals surface area (Å²) < 4.78 is 199. The summed E-state index contributed by atoms with van der Waals surface area (Å²) in [5.41, 5.74) is -4.00. The van der Waals surface area contributed by atoms with E-state index in [9.17, 15) is 70.7 Å². The lowest BCUT2D eigenvalue weighted by Gasteiger charge is -2.41. The fourth-order valence-corrected chi connectivity index (χ4v) is 3.52. The second-order valence-corrected chi connectivity index (χ2v) is 7.99. The largest absolute Gasteiger partial charge is 0.460 e. The molecule has 0 N–H and O–H groups in total. The summed E-state index contributed by atoms with van der Waals surface area (Å²) >= 11 is 4.57. The predicted molar refractivity (Wildman–Crippen MR) is 86.5 cm³/mol. The van der Waals surface area contributed by atoms with Gasteiger partial charge in [0.05, 0.1) is 5.56 Å². The summed E-state index contributed by atoms with van der Waals surface area (Å²) in [7, 11) is 0. The quantitative estimate of drug-likeness (QED) is 0.216. The molecule has 0 amide bonds. The molecule has 1 rings (SSSR count). The van der Waals surface area contributed by atoms with E-state index in [1.165, 1.54) is 0 Å². The van der Waals surface area contributed by atoms with Gasteiger partial charge < -0.3 is 0 Å². The van der Waals surface area contributed by atoms with Gasteiger partial charge in [-0.1, -0.05) is 31.9 Å². The van der Waals surface area contributed by atoms with Gasteiger partial charge in [-0.05, 0) is 19.1 Å². The smallest absolute Gasteiger partial charge is 0.294 e. The van der Waals surface area contributed by atoms with E-state index in [1.54, 1.807) is 0 Å². The molecule has 0 aromatic heterocycles. The fraction of sp³-hybridized carbons (Fsp3) is 0.533. The van der Waals surface area contributed by atoms with Crippen molar-refractivity contribution < 1.29 is 70.7 Å². The van der Waals surface area contributed by atoms with Crippen LogP contribution in [0.1, 0.15) is 22.8 Å². The molecule has 18 heteroatoms. The number of carbonyl (C=O) groups excluding carboxylic acids is 1. The molecule has 0 bridgehead atoms. The first-order valence-electron chi connectivity index (χ1n) is 7.58. The molecule has 33 heavy (non-hydrogen) atoms. The normalized spacial score (nSPS) is 15.1. The van der Waals surface area contributed by atoms with Crippen LogP contribution in [-0.4, -0.2) is 41.6 Å². The number of hydrogen-bond acceptors (Lipinski definition) is 1. The van der Waals surface area contributed by atoms with Crippen molar-refractivity contribution in [2.75, 3.05) is 0 Å². The molecule has 1 aromatic carbocycles. The highest BCUT2D eigenvalue weighted by Gasteiger charge is 2.93. The van der Waals surface area contributed by atoms with Crippen molar-refractivity contribution in [1.82, 2.24) is 0 Å². The molecule has 190 valence electrons. The Morgan fingerprint density at radius 2 is 0.939 bits per heavy atom. The number of ketones is 1. The van der Waals surface area contributed by atoms with Crippen LogP contribution in [0.15, 0.2) is 21.1 Å². The number of alkyl halides is 15. The van der Waals surface area contributed by atoms with Crippen LogP contribution in [0.3, 0.4) is 0 Å². The van der Waals surface area contributed by atoms with E-state index in [0.29, 0.717) is 19.1 Å². The first kappa shape index (κ1) is 29.8. The number of benzene rings is 1. The van der Waals surface area contributed by atoms with Gasteiger partial charge in [0.25, 0.3) is 0 Å². The standard InChI is InChI=1S/C15H5Br2F15O/c1-4(33)7-5(16)2-3-6(17)8(7)9(18,19)10(20,21)11(22,23)12(24,25)13(26,27)14(28,29)15(30,31)32/h2-3H,1H3. The van der Waals surface area contributed by atoms with E-state index in [2.05, 4.69) is 31.9 Å². The second-order valence-electron chi connectivity index (χ2n) is 6.28. The summed E-state index contributed by atoms with van der Waals surface area (Å²) in [6.45, 7) is 0.412. The Kier molecular flexibility index (Phi) is 7.40. The highest BCUT2D eigenvalue weighted by atomic mass is 79.9. The van der Waals surface area contributed by atoms with Crippen molar-refractivity contribution >= 4 is 37.6 Å². The Morgan fingerprint density at radius 1 is 0.606 bits per heavy atom. The maximum atomic E-state index is 14.5. The van der Waals surface area contributed by atoms with E-state index in [-0.39, 0.29) is 0 Å². The second kappa shape index (κ2) is 8.19. The minimum absolute atomic E-state index is 0.401. The van der Waals surface area contributed by atoms with Crippen molar-refractivity contribution in [2.45, 2.75) is 48.6 Å². The van der Waals surface area contributed by atoms with Gasteiger partial charge in [-0.3, -0.25) is 4.79 Å². The fourth-order valence-electron chi connectivity index (χ4n) is 2.33. The molecule has 0 saturated carbocycles. The molecule has 0 aliphatic carbocycles. The van der Waals surface area contributed by atoms with Gasteiger partial charge in [-0.15, -0.1) is 0 Å². The van der Waals surface area contributed by atoms with Gasteiger partial charge in [0.15, 0.2) is 5.78 Å². The zero-order chi connectivity index (χ0) is 26.8. The summed E-state index contributed by atoms with van der Waals surface area (Å²) in [5.74, 6) is -49.1. The van der Waals surface area contributed by atoms with Crippen LogP contribution in [0.4, 0.5) is 65.9 Å². The molecule has 0 fully saturated rings. The van der Waals surface area contributed by atoms with Gasteiger partial charge in [0, 0.05) is 14.5 Å². The summed E-state index contributed by atoms with van der Waals surface area (Å²) in [4.78, 5) is 11.6. The van der Waals surface area contributed by atoms with E-state index in [0.717, 1.165) is 0 Å². The van der Waals surface area contributed by atoms with Crippen molar-refractivity contribution in [3.63, 3.8) is 0 Å². The van der Waals surface area contributed by atoms with Gasteiger partial charge in [-0.25, -0.2) is 0 Å². The molecule has 1 nitrogen and oxygen atoms in total. The maximum absolute atomic E-state index is 14.5. The molecule has 0 atom stereocenters. The lowest BCUT2D eigenvalue weighted by molar-refractivity contribution is -0.453. The van der Waals surface area contributed by atoms with Crippen LogP contribution >= 0.6 is 31.9 Å². The number of halogens is 17. The Labute approximate surface area is 189 Å². The molecular formula is C15H5Br2F15O. The third kappa shape index (κ3) is 4.01. The number of Topliss-reactive ketones (excluding diaryl/α,β-unsaturated/α-hetero) is 1. The average Bonchev–Trinajstić information content (AvgIpc) is 2.60. The van der Waals surface area contributed by atoms with Crippen LogP contribution in [-0.2, 0) is 5.92 Å². The van der Waals surface area contributed by atoms with Crippen molar-refractivity contribution in [3.05, 3.63) is 32.2 Å². The number of rotatable bonds is 7. The summed E-state index contributed by atoms with van der Waals surface area (Å²) in [5, 5.41) is 0. The van der Waals surface area contributed by atoms with Crippen LogP contribution in [0.25, 0.3) is 0 Å². The maximum Gasteiger partial charge on any atom is 0.460 e. The number of carbonyl (C=O) groups is 1. The Balaban J connectivity index is 3.91. The van der Waals surface area contributed by atoms with Crippen LogP contribution in [0.5, 0.6) is 0 Å². The molecule has 0 aliphatic rings. The summed E-state index contributed by atoms with van der Waals surface area (Å²) in [6.07, 6.45) is -7.68. The third-order valence-electron chi connectivity index (χ3n) is 4.10. The average molecular weight is 646 g/mol. The molecule has 0 aliphatic heterocycles. The molecule has 0 saturated heterocycles. The van der Waals surface area contributed by atoms with Gasteiger partial charge in [-0.2, -0.15) is 65.9 Å². The Bertz CT molecular complexity index is 936. The monoisotopic (exact) mass is 644 g/mol. The van der Waals surface area contributed by atoms with Crippen LogP contribution in [0, 0.1) is 0 Å². The minimum Gasteiger partial charge on any atom is -0.294 e. The van der Waals surface area contributed by atoms with Crippen LogP contribution in [0.2, 0.25) is 0 Å². The molecular weight excluding hydrogens is 641 g/mol. The Morgan fingerprint density at radius 3 is 1.30 bits per heavy atom. The van der Waals surface area contributed by atoms with E-state index in [4.69, 9.17) is 0 Å². The van der Waals surface area contributed by atoms with Crippen molar-refractivity contribution in [1.29, 1.82) is 0 Å². The molecule has 0 unspecified atom stereocenters. The molecule has 0 radical (unpaired) electrons. The van der Waals surface area contributed by atoms with Crippen molar-refractivity contribution in [3.8, 4) is 0 Å². The zero-order valence-corrected chi connectivity index (χ0v) is 18.2. The molecule has 0 heterocycles. The lowest BCUT2D eigenvalue weighted by Crippen LogP contribution is -2.72. The van der Waals surface area contributed by atoms with E-state index >= 15 is 0 Å². The van der Waals surface area contributed by atoms with Gasteiger partial charge in [0.1, 0.15) is 0 Å². The first-order valence-corrected chi connectivity index (χ1v) is 9.16. The van der Waals surface area contributed by atoms with Crippen molar-refractivity contribution in [2.24, 2.45) is 0 Å². The summed E-state index contributed by atoms with van der Waals surface area (Å²) in [6, 6.07) is 1.11. The van der Waals surface area contributed by atoms with E-state index in [1.807, 2.05) is 0 Å². The molecule has 1 aromatic rings. The zero-order valence-electron chi connectivity index (χ0n) is 15.0. The highest BCUT2D eigenvalue weighted by molar-refractivity contribution is 9.11. The van der Waals surface area contributed by atoms with E-state index < -0.39 is 67.6 Å². The number of hydrogen-bond donors (Lipinski definition) is 0. The Hall–Kier alpha value is -1.20. The highest BCUT2D eigenvalue weighted by Crippen LogP contribution is 2.64. The predicted octanol–water partition coefficient (Wildman–Crippen LogP) is 8.24. The molecule has 0 spiro atoms. The minimum atomic E-state index is -8.40. The van der Waals surface area contributed by atoms with Crippen LogP contribution < -0.4 is 0 Å². The third-order valence-corrected chi connectivity index (χ3v) is 5.42. The topological polar surface area (TPSA) is 17.1 Å². The first-order chi connectivity index (χ1) is 14.2. The lowest BCUT2D eigenvalue weighted by atomic mass is 9.86.